The molecule has 3 rings (SSSR count). The molecule has 0 amide bonds. The molecular weight excluding hydrogens is 260 g/mol. The van der Waals surface area contributed by atoms with Crippen molar-refractivity contribution in [2.75, 3.05) is 26.3 Å². The number of ether oxygens (including phenoxy) is 1. The van der Waals surface area contributed by atoms with Crippen molar-refractivity contribution in [3.8, 4) is 0 Å². The summed E-state index contributed by atoms with van der Waals surface area (Å²) in [6.45, 7) is 3.28. The summed E-state index contributed by atoms with van der Waals surface area (Å²) < 4.78 is 10.9. The molecule has 6 heteroatoms. The van der Waals surface area contributed by atoms with Crippen LogP contribution in [0.5, 0.6) is 0 Å². The Morgan fingerprint density at radius 3 is 2.80 bits per heavy atom. The average molecular weight is 276 g/mol. The van der Waals surface area contributed by atoms with Crippen LogP contribution in [0.4, 0.5) is 0 Å². The van der Waals surface area contributed by atoms with E-state index in [0.29, 0.717) is 36.5 Å². The fourth-order valence-electron chi connectivity index (χ4n) is 2.36. The lowest BCUT2D eigenvalue weighted by atomic mass is 10.1. The fourth-order valence-corrected chi connectivity index (χ4v) is 2.36. The Bertz CT molecular complexity index is 617. The minimum atomic E-state index is -0.964. The summed E-state index contributed by atoms with van der Waals surface area (Å²) in [4.78, 5) is 11.4. The average Bonchev–Trinajstić information content (AvgIpc) is 2.84. The molecular formula is C14H16N2O4. The Labute approximate surface area is 115 Å². The first-order chi connectivity index (χ1) is 9.75. The van der Waals surface area contributed by atoms with Crippen LogP contribution >= 0.6 is 0 Å². The molecule has 0 saturated carbocycles. The maximum Gasteiger partial charge on any atom is 0.339 e. The second-order valence-corrected chi connectivity index (χ2v) is 4.64. The number of para-hydroxylation sites is 1. The van der Waals surface area contributed by atoms with Crippen LogP contribution in [0.3, 0.4) is 0 Å². The highest BCUT2D eigenvalue weighted by atomic mass is 16.5. The number of nitrogens with one attached hydrogen (secondary N) is 1. The fraction of sp³-hybridized carbons (Fsp3) is 0.357. The number of benzene rings is 1. The minimum absolute atomic E-state index is 0.237. The highest BCUT2D eigenvalue weighted by Crippen LogP contribution is 2.25. The van der Waals surface area contributed by atoms with Gasteiger partial charge < -0.3 is 14.3 Å². The van der Waals surface area contributed by atoms with Gasteiger partial charge in [0.1, 0.15) is 16.9 Å². The molecule has 0 unspecified atom stereocenters. The number of morpholine rings is 1. The van der Waals surface area contributed by atoms with Gasteiger partial charge in [-0.3, -0.25) is 0 Å². The molecule has 2 aromatic rings. The number of nitrogens with zero attached hydrogens (tertiary/aromatic N) is 1. The van der Waals surface area contributed by atoms with E-state index in [1.54, 1.807) is 12.1 Å². The predicted octanol–water partition coefficient (Wildman–Crippen LogP) is 1.47. The van der Waals surface area contributed by atoms with Gasteiger partial charge in [0.15, 0.2) is 0 Å². The predicted molar refractivity (Wildman–Crippen MR) is 72.4 cm³/mol. The van der Waals surface area contributed by atoms with Crippen molar-refractivity contribution in [3.63, 3.8) is 0 Å². The van der Waals surface area contributed by atoms with Crippen LogP contribution in [0.1, 0.15) is 16.1 Å². The number of fused-ring (bicyclic) bond motifs is 1. The normalized spacial score (nSPS) is 16.6. The second-order valence-electron chi connectivity index (χ2n) is 4.64. The molecule has 1 saturated heterocycles. The van der Waals surface area contributed by atoms with Gasteiger partial charge in [0, 0.05) is 18.5 Å². The van der Waals surface area contributed by atoms with E-state index >= 15 is 0 Å². The van der Waals surface area contributed by atoms with Crippen molar-refractivity contribution in [1.29, 1.82) is 0 Å². The van der Waals surface area contributed by atoms with E-state index in [1.165, 1.54) is 0 Å². The van der Waals surface area contributed by atoms with Crippen LogP contribution in [-0.2, 0) is 11.3 Å². The number of carboxylic acids is 1. The SMILES string of the molecule is O=C(O)c1c(CNN2CCOCC2)oc2ccccc12. The van der Waals surface area contributed by atoms with Crippen molar-refractivity contribution in [2.24, 2.45) is 0 Å². The van der Waals surface area contributed by atoms with Gasteiger partial charge in [0.25, 0.3) is 0 Å². The number of carbonyl (C=O) groups is 1. The van der Waals surface area contributed by atoms with Crippen molar-refractivity contribution in [3.05, 3.63) is 35.6 Å². The van der Waals surface area contributed by atoms with E-state index in [2.05, 4.69) is 5.43 Å². The molecule has 0 radical (unpaired) electrons. The molecule has 1 aromatic carbocycles. The third kappa shape index (κ3) is 2.53. The zero-order chi connectivity index (χ0) is 13.9. The molecule has 0 atom stereocenters. The second kappa shape index (κ2) is 5.62. The minimum Gasteiger partial charge on any atom is -0.478 e. The number of furan rings is 1. The Hall–Kier alpha value is -1.89. The lowest BCUT2D eigenvalue weighted by molar-refractivity contribution is 0.00941. The molecule has 2 heterocycles. The Morgan fingerprint density at radius 2 is 2.05 bits per heavy atom. The molecule has 0 spiro atoms. The summed E-state index contributed by atoms with van der Waals surface area (Å²) in [5, 5.41) is 12.0. The zero-order valence-corrected chi connectivity index (χ0v) is 11.0. The number of hydrogen-bond donors (Lipinski definition) is 2. The van der Waals surface area contributed by atoms with Crippen molar-refractivity contribution in [2.45, 2.75) is 6.54 Å². The quantitative estimate of drug-likeness (QED) is 0.880. The molecule has 106 valence electrons. The molecule has 20 heavy (non-hydrogen) atoms. The van der Waals surface area contributed by atoms with Crippen LogP contribution in [0.2, 0.25) is 0 Å². The van der Waals surface area contributed by atoms with E-state index < -0.39 is 5.97 Å². The summed E-state index contributed by atoms with van der Waals surface area (Å²) in [5.41, 5.74) is 4.03. The Kier molecular flexibility index (Phi) is 3.68. The zero-order valence-electron chi connectivity index (χ0n) is 11.0. The van der Waals surface area contributed by atoms with Crippen LogP contribution < -0.4 is 5.43 Å². The summed E-state index contributed by atoms with van der Waals surface area (Å²) in [5.74, 6) is -0.515. The summed E-state index contributed by atoms with van der Waals surface area (Å²) >= 11 is 0. The van der Waals surface area contributed by atoms with Gasteiger partial charge in [0.05, 0.1) is 19.8 Å². The third-order valence-electron chi connectivity index (χ3n) is 3.36. The molecule has 0 aliphatic carbocycles. The summed E-state index contributed by atoms with van der Waals surface area (Å²) in [7, 11) is 0. The van der Waals surface area contributed by atoms with E-state index in [0.717, 1.165) is 13.1 Å². The van der Waals surface area contributed by atoms with Gasteiger partial charge in [0.2, 0.25) is 0 Å². The standard InChI is InChI=1S/C14H16N2O4/c17-14(18)13-10-3-1-2-4-11(10)20-12(13)9-15-16-5-7-19-8-6-16/h1-4,15H,5-9H2,(H,17,18). The number of carboxylic acid groups (broad SMARTS) is 1. The molecule has 6 nitrogen and oxygen atoms in total. The van der Waals surface area contributed by atoms with Crippen molar-refractivity contribution >= 4 is 16.9 Å². The van der Waals surface area contributed by atoms with Crippen molar-refractivity contribution < 1.29 is 19.1 Å². The van der Waals surface area contributed by atoms with Gasteiger partial charge in [-0.1, -0.05) is 18.2 Å². The smallest absolute Gasteiger partial charge is 0.339 e. The largest absolute Gasteiger partial charge is 0.478 e. The van der Waals surface area contributed by atoms with Gasteiger partial charge in [-0.2, -0.15) is 0 Å². The van der Waals surface area contributed by atoms with Crippen LogP contribution in [0, 0.1) is 0 Å². The van der Waals surface area contributed by atoms with Gasteiger partial charge in [-0.15, -0.1) is 0 Å². The van der Waals surface area contributed by atoms with E-state index in [1.807, 2.05) is 17.1 Å². The Balaban J connectivity index is 1.82. The highest BCUT2D eigenvalue weighted by molar-refractivity contribution is 6.03. The summed E-state index contributed by atoms with van der Waals surface area (Å²) in [6, 6.07) is 7.18. The maximum atomic E-state index is 11.4. The lowest BCUT2D eigenvalue weighted by Gasteiger charge is -2.26. The third-order valence-corrected chi connectivity index (χ3v) is 3.36. The highest BCUT2D eigenvalue weighted by Gasteiger charge is 2.20. The topological polar surface area (TPSA) is 74.9 Å². The lowest BCUT2D eigenvalue weighted by Crippen LogP contribution is -2.45. The van der Waals surface area contributed by atoms with Gasteiger partial charge >= 0.3 is 5.97 Å². The number of hydrogen-bond acceptors (Lipinski definition) is 5. The molecule has 1 fully saturated rings. The molecule has 1 aliphatic heterocycles. The van der Waals surface area contributed by atoms with E-state index in [9.17, 15) is 9.90 Å². The number of aromatic carboxylic acids is 1. The first-order valence-corrected chi connectivity index (χ1v) is 6.55. The van der Waals surface area contributed by atoms with Gasteiger partial charge in [-0.05, 0) is 6.07 Å². The maximum absolute atomic E-state index is 11.4. The van der Waals surface area contributed by atoms with Crippen molar-refractivity contribution in [1.82, 2.24) is 10.4 Å². The number of rotatable bonds is 4. The van der Waals surface area contributed by atoms with Gasteiger partial charge in [-0.25, -0.2) is 15.2 Å². The Morgan fingerprint density at radius 1 is 1.30 bits per heavy atom. The first kappa shape index (κ1) is 13.1. The first-order valence-electron chi connectivity index (χ1n) is 6.55. The monoisotopic (exact) mass is 276 g/mol. The molecule has 2 N–H and O–H groups in total. The van der Waals surface area contributed by atoms with E-state index in [4.69, 9.17) is 9.15 Å². The molecule has 1 aromatic heterocycles. The van der Waals surface area contributed by atoms with Crippen LogP contribution in [0.25, 0.3) is 11.0 Å². The molecule has 1 aliphatic rings. The summed E-state index contributed by atoms with van der Waals surface area (Å²) in [6.07, 6.45) is 0. The molecule has 0 bridgehead atoms. The van der Waals surface area contributed by atoms with E-state index in [-0.39, 0.29) is 5.56 Å². The van der Waals surface area contributed by atoms with Crippen LogP contribution in [-0.4, -0.2) is 42.4 Å². The number of hydrazine groups is 1. The van der Waals surface area contributed by atoms with Crippen LogP contribution in [0.15, 0.2) is 28.7 Å².